The quantitative estimate of drug-likeness (QED) is 0.776. The molecule has 2 aliphatic rings. The van der Waals surface area contributed by atoms with Crippen LogP contribution in [0.15, 0.2) is 0 Å². The minimum atomic E-state index is -0.564. The molecule has 3 rings (SSSR count). The van der Waals surface area contributed by atoms with Crippen LogP contribution in [0.3, 0.4) is 0 Å². The molecular weight excluding hydrogens is 288 g/mol. The summed E-state index contributed by atoms with van der Waals surface area (Å²) in [4.78, 5) is 26.2. The zero-order valence-electron chi connectivity index (χ0n) is 12.0. The van der Waals surface area contributed by atoms with Gasteiger partial charge in [-0.2, -0.15) is 0 Å². The number of carbonyl (C=O) groups excluding carboxylic acids is 2. The number of carbonyl (C=O) groups is 2. The zero-order valence-corrected chi connectivity index (χ0v) is 12.8. The third-order valence-electron chi connectivity index (χ3n) is 4.62. The van der Waals surface area contributed by atoms with Gasteiger partial charge < -0.3 is 21.7 Å². The van der Waals surface area contributed by atoms with E-state index in [2.05, 4.69) is 10.2 Å². The van der Waals surface area contributed by atoms with Crippen LogP contribution in [0, 0.1) is 11.8 Å². The molecule has 7 heteroatoms. The number of fused-ring (bicyclic) bond motifs is 1. The number of primary amides is 1. The third kappa shape index (κ3) is 2.25. The molecule has 2 unspecified atom stereocenters. The van der Waals surface area contributed by atoms with Gasteiger partial charge in [0.05, 0.1) is 11.3 Å². The fraction of sp³-hybridized carbons (Fsp3) is 0.571. The SMILES string of the molecule is CNC(=O)c1sc(N2CC3CCCC3C2)c(C(N)=O)c1N. The van der Waals surface area contributed by atoms with Gasteiger partial charge in [0.2, 0.25) is 0 Å². The van der Waals surface area contributed by atoms with Crippen molar-refractivity contribution in [2.24, 2.45) is 17.6 Å². The van der Waals surface area contributed by atoms with Crippen molar-refractivity contribution in [2.45, 2.75) is 19.3 Å². The molecule has 2 atom stereocenters. The van der Waals surface area contributed by atoms with E-state index in [9.17, 15) is 9.59 Å². The molecule has 114 valence electrons. The van der Waals surface area contributed by atoms with Gasteiger partial charge in [0.25, 0.3) is 11.8 Å². The van der Waals surface area contributed by atoms with Crippen LogP contribution < -0.4 is 21.7 Å². The molecule has 1 aromatic rings. The highest BCUT2D eigenvalue weighted by Gasteiger charge is 2.38. The fourth-order valence-electron chi connectivity index (χ4n) is 3.58. The predicted octanol–water partition coefficient (Wildman–Crippen LogP) is 1.03. The van der Waals surface area contributed by atoms with Crippen molar-refractivity contribution in [3.05, 3.63) is 10.4 Å². The molecule has 0 radical (unpaired) electrons. The molecule has 1 saturated heterocycles. The number of thiophene rings is 1. The van der Waals surface area contributed by atoms with Gasteiger partial charge in [0.1, 0.15) is 9.88 Å². The average molecular weight is 308 g/mol. The van der Waals surface area contributed by atoms with Gasteiger partial charge in [0, 0.05) is 20.1 Å². The molecule has 6 nitrogen and oxygen atoms in total. The maximum Gasteiger partial charge on any atom is 0.263 e. The van der Waals surface area contributed by atoms with Gasteiger partial charge >= 0.3 is 0 Å². The molecule has 0 spiro atoms. The van der Waals surface area contributed by atoms with Gasteiger partial charge in [0.15, 0.2) is 0 Å². The van der Waals surface area contributed by atoms with Crippen molar-refractivity contribution in [2.75, 3.05) is 30.8 Å². The normalized spacial score (nSPS) is 24.1. The summed E-state index contributed by atoms with van der Waals surface area (Å²) in [6.45, 7) is 1.86. The van der Waals surface area contributed by atoms with E-state index >= 15 is 0 Å². The first-order valence-corrected chi connectivity index (χ1v) is 8.03. The fourth-order valence-corrected chi connectivity index (χ4v) is 4.77. The van der Waals surface area contributed by atoms with Gasteiger partial charge in [-0.15, -0.1) is 11.3 Å². The Kier molecular flexibility index (Phi) is 3.52. The van der Waals surface area contributed by atoms with Crippen LogP contribution >= 0.6 is 11.3 Å². The zero-order chi connectivity index (χ0) is 15.1. The highest BCUT2D eigenvalue weighted by atomic mass is 32.1. The number of anilines is 2. The van der Waals surface area contributed by atoms with Crippen LogP contribution in [0.4, 0.5) is 10.7 Å². The van der Waals surface area contributed by atoms with E-state index in [1.165, 1.54) is 30.6 Å². The molecule has 1 aliphatic carbocycles. The molecular formula is C14H20N4O2S. The number of nitrogen functional groups attached to an aromatic ring is 1. The maximum atomic E-state index is 11.9. The van der Waals surface area contributed by atoms with E-state index in [-0.39, 0.29) is 11.6 Å². The third-order valence-corrected chi connectivity index (χ3v) is 5.88. The largest absolute Gasteiger partial charge is 0.397 e. The first kappa shape index (κ1) is 14.2. The second kappa shape index (κ2) is 5.22. The first-order valence-electron chi connectivity index (χ1n) is 7.22. The molecule has 1 saturated carbocycles. The lowest BCUT2D eigenvalue weighted by molar-refractivity contribution is 0.0967. The molecule has 2 heterocycles. The summed E-state index contributed by atoms with van der Waals surface area (Å²) in [5.41, 5.74) is 12.0. The summed E-state index contributed by atoms with van der Waals surface area (Å²) in [6, 6.07) is 0. The van der Waals surface area contributed by atoms with E-state index in [0.717, 1.165) is 18.1 Å². The topological polar surface area (TPSA) is 101 Å². The number of hydrogen-bond acceptors (Lipinski definition) is 5. The number of amides is 2. The number of rotatable bonds is 3. The van der Waals surface area contributed by atoms with E-state index in [1.54, 1.807) is 7.05 Å². The van der Waals surface area contributed by atoms with Crippen molar-refractivity contribution in [3.8, 4) is 0 Å². The van der Waals surface area contributed by atoms with E-state index in [1.807, 2.05) is 0 Å². The van der Waals surface area contributed by atoms with Crippen LogP contribution in [-0.2, 0) is 0 Å². The van der Waals surface area contributed by atoms with Crippen LogP contribution in [0.1, 0.15) is 39.3 Å². The van der Waals surface area contributed by atoms with Crippen molar-refractivity contribution in [1.82, 2.24) is 5.32 Å². The summed E-state index contributed by atoms with van der Waals surface area (Å²) >= 11 is 1.27. The molecule has 5 N–H and O–H groups in total. The second-order valence-electron chi connectivity index (χ2n) is 5.82. The smallest absolute Gasteiger partial charge is 0.263 e. The molecule has 0 aromatic carbocycles. The summed E-state index contributed by atoms with van der Waals surface area (Å²) in [5, 5.41) is 3.31. The van der Waals surface area contributed by atoms with Crippen molar-refractivity contribution < 1.29 is 9.59 Å². The van der Waals surface area contributed by atoms with E-state index in [0.29, 0.717) is 22.3 Å². The van der Waals surface area contributed by atoms with Crippen LogP contribution in [0.2, 0.25) is 0 Å². The summed E-state index contributed by atoms with van der Waals surface area (Å²) in [6.07, 6.45) is 3.79. The van der Waals surface area contributed by atoms with Crippen molar-refractivity contribution in [1.29, 1.82) is 0 Å². The Bertz CT molecular complexity index is 586. The second-order valence-corrected chi connectivity index (χ2v) is 6.82. The first-order chi connectivity index (χ1) is 10.0. The predicted molar refractivity (Wildman–Crippen MR) is 83.7 cm³/mol. The Morgan fingerprint density at radius 3 is 2.43 bits per heavy atom. The maximum absolute atomic E-state index is 11.9. The number of hydrogen-bond donors (Lipinski definition) is 3. The molecule has 1 aromatic heterocycles. The van der Waals surface area contributed by atoms with Crippen molar-refractivity contribution >= 4 is 33.8 Å². The molecule has 0 bridgehead atoms. The van der Waals surface area contributed by atoms with E-state index in [4.69, 9.17) is 11.5 Å². The Hall–Kier alpha value is -1.76. The lowest BCUT2D eigenvalue weighted by Crippen LogP contribution is -2.24. The Balaban J connectivity index is 1.98. The summed E-state index contributed by atoms with van der Waals surface area (Å²) in [7, 11) is 1.55. The Morgan fingerprint density at radius 1 is 1.29 bits per heavy atom. The monoisotopic (exact) mass is 308 g/mol. The van der Waals surface area contributed by atoms with Crippen LogP contribution in [0.5, 0.6) is 0 Å². The highest BCUT2D eigenvalue weighted by Crippen LogP contribution is 2.45. The van der Waals surface area contributed by atoms with Gasteiger partial charge in [-0.25, -0.2) is 0 Å². The van der Waals surface area contributed by atoms with Crippen LogP contribution in [0.25, 0.3) is 0 Å². The molecule has 1 aliphatic heterocycles. The van der Waals surface area contributed by atoms with Crippen molar-refractivity contribution in [3.63, 3.8) is 0 Å². The van der Waals surface area contributed by atoms with Gasteiger partial charge in [-0.1, -0.05) is 6.42 Å². The lowest BCUT2D eigenvalue weighted by Gasteiger charge is -2.18. The standard InChI is InChI=1S/C14H20N4O2S/c1-17-13(20)11-10(15)9(12(16)19)14(21-11)18-5-7-3-2-4-8(7)6-18/h7-8H,2-6,15H2,1H3,(H2,16,19)(H,17,20). The summed E-state index contributed by atoms with van der Waals surface area (Å²) in [5.74, 6) is 0.548. The number of nitrogens with zero attached hydrogens (tertiary/aromatic N) is 1. The number of nitrogens with two attached hydrogens (primary N) is 2. The Morgan fingerprint density at radius 2 is 1.90 bits per heavy atom. The highest BCUT2D eigenvalue weighted by molar-refractivity contribution is 7.19. The number of nitrogens with one attached hydrogen (secondary N) is 1. The lowest BCUT2D eigenvalue weighted by atomic mass is 10.0. The molecule has 2 fully saturated rings. The van der Waals surface area contributed by atoms with E-state index < -0.39 is 5.91 Å². The molecule has 2 amide bonds. The van der Waals surface area contributed by atoms with Gasteiger partial charge in [-0.05, 0) is 24.7 Å². The Labute approximate surface area is 127 Å². The minimum absolute atomic E-state index is 0.207. The van der Waals surface area contributed by atoms with Gasteiger partial charge in [-0.3, -0.25) is 9.59 Å². The minimum Gasteiger partial charge on any atom is -0.397 e. The van der Waals surface area contributed by atoms with Crippen LogP contribution in [-0.4, -0.2) is 32.0 Å². The average Bonchev–Trinajstić information content (AvgIpc) is 3.09. The molecule has 21 heavy (non-hydrogen) atoms. The summed E-state index contributed by atoms with van der Waals surface area (Å²) < 4.78 is 0.